The summed E-state index contributed by atoms with van der Waals surface area (Å²) in [6.07, 6.45) is 5.40. The molecule has 6 heteroatoms. The molecule has 1 saturated carbocycles. The second kappa shape index (κ2) is 7.40. The molecule has 4 nitrogen and oxygen atoms in total. The van der Waals surface area contributed by atoms with Gasteiger partial charge in [0, 0.05) is 27.7 Å². The fraction of sp³-hybridized carbons (Fsp3) is 0.600. The molecule has 0 radical (unpaired) electrons. The minimum absolute atomic E-state index is 0.0641. The number of aliphatic carboxylic acids is 1. The lowest BCUT2D eigenvalue weighted by molar-refractivity contribution is -0.151. The Balaban J connectivity index is 1.80. The van der Waals surface area contributed by atoms with Crippen LogP contribution < -0.4 is 5.32 Å². The molecule has 2 rings (SSSR count). The van der Waals surface area contributed by atoms with Gasteiger partial charge in [-0.15, -0.1) is 11.3 Å². The molecule has 0 saturated heterocycles. The Labute approximate surface area is 137 Å². The Morgan fingerprint density at radius 1 is 1.33 bits per heavy atom. The third kappa shape index (κ3) is 4.54. The molecule has 1 heterocycles. The average molecular weight is 374 g/mol. The summed E-state index contributed by atoms with van der Waals surface area (Å²) in [5.74, 6) is -0.838. The van der Waals surface area contributed by atoms with Crippen LogP contribution in [0.3, 0.4) is 0 Å². The number of hydrogen-bond donors (Lipinski definition) is 2. The van der Waals surface area contributed by atoms with Gasteiger partial charge in [0.25, 0.3) is 0 Å². The number of carboxylic acids is 1. The van der Waals surface area contributed by atoms with Crippen LogP contribution in [0.2, 0.25) is 0 Å². The number of carbonyl (C=O) groups is 2. The number of thiophene rings is 1. The number of halogens is 1. The zero-order chi connectivity index (χ0) is 15.3. The number of carbonyl (C=O) groups excluding carboxylic acids is 1. The molecular weight excluding hydrogens is 354 g/mol. The van der Waals surface area contributed by atoms with Gasteiger partial charge in [-0.1, -0.05) is 19.3 Å². The largest absolute Gasteiger partial charge is 0.481 e. The van der Waals surface area contributed by atoms with E-state index < -0.39 is 11.4 Å². The molecule has 1 aliphatic carbocycles. The molecule has 1 aliphatic rings. The Morgan fingerprint density at radius 2 is 2.05 bits per heavy atom. The van der Waals surface area contributed by atoms with E-state index in [2.05, 4.69) is 21.2 Å². The van der Waals surface area contributed by atoms with Crippen molar-refractivity contribution < 1.29 is 14.7 Å². The first-order chi connectivity index (χ1) is 10.0. The highest BCUT2D eigenvalue weighted by Gasteiger charge is 2.39. The quantitative estimate of drug-likeness (QED) is 0.800. The zero-order valence-corrected chi connectivity index (χ0v) is 14.3. The van der Waals surface area contributed by atoms with Gasteiger partial charge in [-0.25, -0.2) is 0 Å². The highest BCUT2D eigenvalue weighted by molar-refractivity contribution is 9.10. The van der Waals surface area contributed by atoms with Crippen molar-refractivity contribution in [2.75, 3.05) is 6.54 Å². The van der Waals surface area contributed by atoms with Crippen LogP contribution in [-0.2, 0) is 16.0 Å². The van der Waals surface area contributed by atoms with Crippen LogP contribution in [0.5, 0.6) is 0 Å². The normalized spacial score (nSPS) is 17.4. The SMILES string of the molecule is O=C(CCc1cc(Br)cs1)NCC1(C(=O)O)CCCCC1. The second-order valence-corrected chi connectivity index (χ2v) is 7.57. The van der Waals surface area contributed by atoms with E-state index in [1.807, 2.05) is 11.4 Å². The van der Waals surface area contributed by atoms with Gasteiger partial charge < -0.3 is 10.4 Å². The fourth-order valence-electron chi connectivity index (χ4n) is 2.77. The van der Waals surface area contributed by atoms with Crippen molar-refractivity contribution >= 4 is 39.1 Å². The van der Waals surface area contributed by atoms with Gasteiger partial charge in [0.2, 0.25) is 5.91 Å². The van der Waals surface area contributed by atoms with E-state index in [9.17, 15) is 14.7 Å². The number of rotatable bonds is 6. The lowest BCUT2D eigenvalue weighted by Gasteiger charge is -2.33. The molecule has 0 unspecified atom stereocenters. The molecule has 1 aromatic heterocycles. The maximum atomic E-state index is 11.9. The van der Waals surface area contributed by atoms with E-state index in [1.165, 1.54) is 0 Å². The zero-order valence-electron chi connectivity index (χ0n) is 11.9. The Morgan fingerprint density at radius 3 is 2.62 bits per heavy atom. The predicted octanol–water partition coefficient (Wildman–Crippen LogP) is 3.59. The molecular formula is C15H20BrNO3S. The molecule has 0 aromatic carbocycles. The van der Waals surface area contributed by atoms with Gasteiger partial charge in [-0.2, -0.15) is 0 Å². The Bertz CT molecular complexity index is 509. The average Bonchev–Trinajstić information content (AvgIpc) is 2.89. The molecule has 0 bridgehead atoms. The topological polar surface area (TPSA) is 66.4 Å². The highest BCUT2D eigenvalue weighted by Crippen LogP contribution is 2.36. The first kappa shape index (κ1) is 16.5. The minimum Gasteiger partial charge on any atom is -0.481 e. The smallest absolute Gasteiger partial charge is 0.311 e. The molecule has 21 heavy (non-hydrogen) atoms. The van der Waals surface area contributed by atoms with E-state index in [1.54, 1.807) is 11.3 Å². The van der Waals surface area contributed by atoms with Crippen molar-refractivity contribution in [1.29, 1.82) is 0 Å². The summed E-state index contributed by atoms with van der Waals surface area (Å²) in [5.41, 5.74) is -0.750. The van der Waals surface area contributed by atoms with E-state index >= 15 is 0 Å². The van der Waals surface area contributed by atoms with Gasteiger partial charge in [-0.05, 0) is 41.3 Å². The summed E-state index contributed by atoms with van der Waals surface area (Å²) in [5, 5.41) is 14.3. The number of carboxylic acid groups (broad SMARTS) is 1. The molecule has 1 amide bonds. The molecule has 1 fully saturated rings. The number of amides is 1. The summed E-state index contributed by atoms with van der Waals surface area (Å²) >= 11 is 5.01. The summed E-state index contributed by atoms with van der Waals surface area (Å²) < 4.78 is 1.04. The standard InChI is InChI=1S/C15H20BrNO3S/c16-11-8-12(21-9-11)4-5-13(18)17-10-15(14(19)20)6-2-1-3-7-15/h8-9H,1-7,10H2,(H,17,18)(H,19,20). The molecule has 0 aliphatic heterocycles. The van der Waals surface area contributed by atoms with Crippen LogP contribution in [0.15, 0.2) is 15.9 Å². The summed E-state index contributed by atoms with van der Waals surface area (Å²) in [6.45, 7) is 0.259. The summed E-state index contributed by atoms with van der Waals surface area (Å²) in [6, 6.07) is 2.01. The molecule has 0 spiro atoms. The third-order valence-corrected chi connectivity index (χ3v) is 5.87. The highest BCUT2D eigenvalue weighted by atomic mass is 79.9. The van der Waals surface area contributed by atoms with Crippen LogP contribution in [0.4, 0.5) is 0 Å². The number of aryl methyl sites for hydroxylation is 1. The van der Waals surface area contributed by atoms with Crippen LogP contribution in [-0.4, -0.2) is 23.5 Å². The van der Waals surface area contributed by atoms with Crippen LogP contribution in [0.25, 0.3) is 0 Å². The third-order valence-electron chi connectivity index (χ3n) is 4.11. The number of nitrogens with one attached hydrogen (secondary N) is 1. The van der Waals surface area contributed by atoms with E-state index in [0.717, 1.165) is 28.6 Å². The minimum atomic E-state index is -0.773. The lowest BCUT2D eigenvalue weighted by atomic mass is 9.74. The first-order valence-electron chi connectivity index (χ1n) is 7.25. The summed E-state index contributed by atoms with van der Waals surface area (Å²) in [4.78, 5) is 24.6. The van der Waals surface area contributed by atoms with Gasteiger partial charge in [-0.3, -0.25) is 9.59 Å². The van der Waals surface area contributed by atoms with Crippen LogP contribution >= 0.6 is 27.3 Å². The first-order valence-corrected chi connectivity index (χ1v) is 8.92. The fourth-order valence-corrected chi connectivity index (χ4v) is 4.23. The van der Waals surface area contributed by atoms with Gasteiger partial charge >= 0.3 is 5.97 Å². The van der Waals surface area contributed by atoms with E-state index in [4.69, 9.17) is 0 Å². The van der Waals surface area contributed by atoms with Gasteiger partial charge in [0.05, 0.1) is 5.41 Å². The second-order valence-electron chi connectivity index (χ2n) is 5.65. The van der Waals surface area contributed by atoms with Crippen molar-refractivity contribution in [3.63, 3.8) is 0 Å². The molecule has 2 N–H and O–H groups in total. The van der Waals surface area contributed by atoms with Gasteiger partial charge in [0.15, 0.2) is 0 Å². The number of hydrogen-bond acceptors (Lipinski definition) is 3. The predicted molar refractivity (Wildman–Crippen MR) is 86.5 cm³/mol. The Hall–Kier alpha value is -0.880. The maximum absolute atomic E-state index is 11.9. The van der Waals surface area contributed by atoms with Gasteiger partial charge in [0.1, 0.15) is 0 Å². The van der Waals surface area contributed by atoms with Crippen molar-refractivity contribution in [3.05, 3.63) is 20.8 Å². The Kier molecular flexibility index (Phi) is 5.81. The van der Waals surface area contributed by atoms with Crippen LogP contribution in [0.1, 0.15) is 43.4 Å². The van der Waals surface area contributed by atoms with Crippen molar-refractivity contribution in [1.82, 2.24) is 5.32 Å². The van der Waals surface area contributed by atoms with Crippen molar-refractivity contribution in [2.45, 2.75) is 44.9 Å². The monoisotopic (exact) mass is 373 g/mol. The molecule has 116 valence electrons. The molecule has 1 aromatic rings. The van der Waals surface area contributed by atoms with E-state index in [0.29, 0.717) is 25.7 Å². The molecule has 0 atom stereocenters. The lowest BCUT2D eigenvalue weighted by Crippen LogP contribution is -2.44. The van der Waals surface area contributed by atoms with Crippen molar-refractivity contribution in [2.24, 2.45) is 5.41 Å². The van der Waals surface area contributed by atoms with Crippen LogP contribution in [0, 0.1) is 5.41 Å². The van der Waals surface area contributed by atoms with Crippen molar-refractivity contribution in [3.8, 4) is 0 Å². The van der Waals surface area contributed by atoms with E-state index in [-0.39, 0.29) is 12.5 Å². The summed E-state index contributed by atoms with van der Waals surface area (Å²) in [7, 11) is 0. The maximum Gasteiger partial charge on any atom is 0.311 e.